The Bertz CT molecular complexity index is 1140. The number of hydrogen-bond acceptors (Lipinski definition) is 4. The van der Waals surface area contributed by atoms with Gasteiger partial charge in [-0.2, -0.15) is 0 Å². The van der Waals surface area contributed by atoms with E-state index in [0.717, 1.165) is 42.1 Å². The zero-order valence-corrected chi connectivity index (χ0v) is 17.7. The average Bonchev–Trinajstić information content (AvgIpc) is 3.38. The lowest BCUT2D eigenvalue weighted by Crippen LogP contribution is -2.15. The van der Waals surface area contributed by atoms with Crippen LogP contribution in [0, 0.1) is 16.0 Å². The lowest BCUT2D eigenvalue weighted by Gasteiger charge is -2.18. The molecule has 1 heterocycles. The van der Waals surface area contributed by atoms with Crippen LogP contribution in [0.2, 0.25) is 0 Å². The molecular weight excluding hydrogens is 396 g/mol. The molecule has 0 aliphatic heterocycles. The molecule has 3 aromatic rings. The molecule has 1 N–H and O–H groups in total. The first-order chi connectivity index (χ1) is 14.8. The molecule has 7 heteroatoms. The fourth-order valence-electron chi connectivity index (χ4n) is 4.33. The van der Waals surface area contributed by atoms with Gasteiger partial charge in [-0.05, 0) is 67.5 Å². The third-order valence-corrected chi connectivity index (χ3v) is 6.07. The Labute approximate surface area is 180 Å². The van der Waals surface area contributed by atoms with Crippen molar-refractivity contribution >= 4 is 22.6 Å². The molecule has 7 nitrogen and oxygen atoms in total. The lowest BCUT2D eigenvalue weighted by molar-refractivity contribution is -0.386. The molecule has 0 spiro atoms. The molecule has 0 bridgehead atoms. The number of nitrogens with zero attached hydrogens (tertiary/aromatic N) is 2. The molecule has 4 rings (SSSR count). The quantitative estimate of drug-likeness (QED) is 0.410. The molecule has 0 radical (unpaired) electrons. The number of carbonyl (C=O) groups is 1. The summed E-state index contributed by atoms with van der Waals surface area (Å²) in [6.07, 6.45) is 6.01. The second kappa shape index (κ2) is 8.41. The maximum atomic E-state index is 12.0. The predicted molar refractivity (Wildman–Crippen MR) is 118 cm³/mol. The Balaban J connectivity index is 1.87. The number of nitro groups is 1. The van der Waals surface area contributed by atoms with Crippen molar-refractivity contribution in [1.82, 2.24) is 4.57 Å². The van der Waals surface area contributed by atoms with Crippen LogP contribution in [0.5, 0.6) is 5.75 Å². The van der Waals surface area contributed by atoms with Crippen molar-refractivity contribution in [3.63, 3.8) is 0 Å². The van der Waals surface area contributed by atoms with Gasteiger partial charge < -0.3 is 14.4 Å². The maximum Gasteiger partial charge on any atom is 0.311 e. The molecule has 1 atom stereocenters. The number of aromatic nitrogens is 1. The van der Waals surface area contributed by atoms with Gasteiger partial charge in [0.25, 0.3) is 0 Å². The van der Waals surface area contributed by atoms with Crippen molar-refractivity contribution in [3.05, 3.63) is 58.3 Å². The molecule has 1 saturated carbocycles. The molecule has 0 amide bonds. The second-order valence-corrected chi connectivity index (χ2v) is 8.42. The van der Waals surface area contributed by atoms with Crippen molar-refractivity contribution < 1.29 is 19.6 Å². The van der Waals surface area contributed by atoms with Gasteiger partial charge in [0, 0.05) is 35.8 Å². The minimum absolute atomic E-state index is 0.0401. The van der Waals surface area contributed by atoms with Crippen LogP contribution in [0.15, 0.2) is 42.6 Å². The lowest BCUT2D eigenvalue weighted by atomic mass is 9.94. The van der Waals surface area contributed by atoms with Crippen LogP contribution in [0.1, 0.15) is 38.2 Å². The van der Waals surface area contributed by atoms with Gasteiger partial charge in [0.1, 0.15) is 0 Å². The molecule has 1 fully saturated rings. The van der Waals surface area contributed by atoms with Gasteiger partial charge in [0.05, 0.1) is 16.9 Å². The number of nitro benzene ring substituents is 1. The minimum atomic E-state index is -0.929. The van der Waals surface area contributed by atoms with E-state index >= 15 is 0 Å². The van der Waals surface area contributed by atoms with Crippen molar-refractivity contribution in [3.8, 4) is 16.9 Å². The summed E-state index contributed by atoms with van der Waals surface area (Å²) in [5.41, 5.74) is 3.03. The van der Waals surface area contributed by atoms with E-state index in [1.807, 2.05) is 48.1 Å². The van der Waals surface area contributed by atoms with E-state index in [9.17, 15) is 20.0 Å². The monoisotopic (exact) mass is 422 g/mol. The van der Waals surface area contributed by atoms with Crippen LogP contribution in [-0.4, -0.2) is 26.7 Å². The van der Waals surface area contributed by atoms with E-state index in [0.29, 0.717) is 11.1 Å². The fourth-order valence-corrected chi connectivity index (χ4v) is 4.33. The summed E-state index contributed by atoms with van der Waals surface area (Å²) in [6, 6.07) is 11.2. The Morgan fingerprint density at radius 3 is 2.68 bits per heavy atom. The maximum absolute atomic E-state index is 12.0. The molecule has 1 aromatic heterocycles. The highest BCUT2D eigenvalue weighted by Crippen LogP contribution is 2.42. The zero-order valence-electron chi connectivity index (χ0n) is 17.7. The summed E-state index contributed by atoms with van der Waals surface area (Å²) in [6.45, 7) is 1.60. The fraction of sp³-hybridized carbons (Fsp3) is 0.375. The number of rotatable bonds is 7. The summed E-state index contributed by atoms with van der Waals surface area (Å²) >= 11 is 0. The number of fused-ring (bicyclic) bond motifs is 1. The SMILES string of the molecule is CC(Cc1cc(-c2ccc3c(ccn3C)c2)c(OC2CCCC2)c([N+](=O)[O-])c1)C(=O)O. The number of hydrogen-bond donors (Lipinski definition) is 1. The molecule has 1 aliphatic rings. The first-order valence-corrected chi connectivity index (χ1v) is 10.6. The van der Waals surface area contributed by atoms with E-state index in [2.05, 4.69) is 0 Å². The summed E-state index contributed by atoms with van der Waals surface area (Å²) < 4.78 is 8.23. The van der Waals surface area contributed by atoms with Gasteiger partial charge in [-0.3, -0.25) is 14.9 Å². The van der Waals surface area contributed by atoms with Gasteiger partial charge in [-0.25, -0.2) is 0 Å². The number of aliphatic carboxylic acids is 1. The van der Waals surface area contributed by atoms with Crippen LogP contribution >= 0.6 is 0 Å². The second-order valence-electron chi connectivity index (χ2n) is 8.42. The van der Waals surface area contributed by atoms with Gasteiger partial charge in [-0.1, -0.05) is 13.0 Å². The molecule has 0 saturated heterocycles. The highest BCUT2D eigenvalue weighted by molar-refractivity contribution is 5.88. The van der Waals surface area contributed by atoms with E-state index < -0.39 is 16.8 Å². The zero-order chi connectivity index (χ0) is 22.1. The van der Waals surface area contributed by atoms with Crippen LogP contribution in [0.3, 0.4) is 0 Å². The number of ether oxygens (including phenoxy) is 1. The predicted octanol–water partition coefficient (Wildman–Crippen LogP) is 5.34. The standard InChI is InChI=1S/C24H26N2O5/c1-15(24(27)28)11-16-12-20(17-7-8-21-18(14-17)9-10-25(21)2)23(22(13-16)26(29)30)31-19-5-3-4-6-19/h7-10,12-15,19H,3-6,11H2,1-2H3,(H,27,28). The van der Waals surface area contributed by atoms with Crippen LogP contribution in [0.4, 0.5) is 5.69 Å². The van der Waals surface area contributed by atoms with Gasteiger partial charge in [-0.15, -0.1) is 0 Å². The Kier molecular flexibility index (Phi) is 5.67. The number of carboxylic acid groups (broad SMARTS) is 1. The third-order valence-electron chi connectivity index (χ3n) is 6.07. The molecular formula is C24H26N2O5. The van der Waals surface area contributed by atoms with E-state index in [-0.39, 0.29) is 24.0 Å². The van der Waals surface area contributed by atoms with E-state index in [1.165, 1.54) is 6.07 Å². The highest BCUT2D eigenvalue weighted by atomic mass is 16.6. The molecule has 1 unspecified atom stereocenters. The van der Waals surface area contributed by atoms with Gasteiger partial charge >= 0.3 is 11.7 Å². The van der Waals surface area contributed by atoms with Crippen LogP contribution < -0.4 is 4.74 Å². The summed E-state index contributed by atoms with van der Waals surface area (Å²) in [5.74, 6) is -1.30. The van der Waals surface area contributed by atoms with Gasteiger partial charge in [0.15, 0.2) is 0 Å². The topological polar surface area (TPSA) is 94.6 Å². The average molecular weight is 422 g/mol. The first-order valence-electron chi connectivity index (χ1n) is 10.6. The molecule has 31 heavy (non-hydrogen) atoms. The number of aryl methyl sites for hydroxylation is 1. The number of benzene rings is 2. The third kappa shape index (κ3) is 4.26. The summed E-state index contributed by atoms with van der Waals surface area (Å²) in [7, 11) is 1.97. The summed E-state index contributed by atoms with van der Waals surface area (Å²) in [5, 5.41) is 22.3. The molecule has 2 aromatic carbocycles. The first kappa shape index (κ1) is 20.9. The van der Waals surface area contributed by atoms with Crippen molar-refractivity contribution in [1.29, 1.82) is 0 Å². The van der Waals surface area contributed by atoms with Crippen molar-refractivity contribution in [2.45, 2.75) is 45.1 Å². The Morgan fingerprint density at radius 2 is 2.00 bits per heavy atom. The molecule has 162 valence electrons. The smallest absolute Gasteiger partial charge is 0.311 e. The van der Waals surface area contributed by atoms with Crippen molar-refractivity contribution in [2.24, 2.45) is 13.0 Å². The molecule has 1 aliphatic carbocycles. The highest BCUT2D eigenvalue weighted by Gasteiger charge is 2.27. The normalized spacial score (nSPS) is 15.3. The Hall–Kier alpha value is -3.35. The van der Waals surface area contributed by atoms with Crippen molar-refractivity contribution in [2.75, 3.05) is 0 Å². The van der Waals surface area contributed by atoms with Crippen LogP contribution in [-0.2, 0) is 18.3 Å². The van der Waals surface area contributed by atoms with E-state index in [4.69, 9.17) is 4.74 Å². The summed E-state index contributed by atoms with van der Waals surface area (Å²) in [4.78, 5) is 22.9. The van der Waals surface area contributed by atoms with Gasteiger partial charge in [0.2, 0.25) is 5.75 Å². The van der Waals surface area contributed by atoms with Crippen LogP contribution in [0.25, 0.3) is 22.0 Å². The number of carboxylic acids is 1. The Morgan fingerprint density at radius 1 is 1.26 bits per heavy atom. The van der Waals surface area contributed by atoms with E-state index in [1.54, 1.807) is 6.92 Å². The largest absolute Gasteiger partial charge is 0.483 e. The minimum Gasteiger partial charge on any atom is -0.483 e.